The number of fused-ring (bicyclic) bond motifs is 1. The molecule has 4 aromatic heterocycles. The van der Waals surface area contributed by atoms with Gasteiger partial charge in [0.25, 0.3) is 0 Å². The van der Waals surface area contributed by atoms with Gasteiger partial charge in [0.15, 0.2) is 11.5 Å². The maximum atomic E-state index is 8.85. The van der Waals surface area contributed by atoms with Crippen molar-refractivity contribution in [3.8, 4) is 28.7 Å². The molecule has 0 radical (unpaired) electrons. The van der Waals surface area contributed by atoms with E-state index in [1.54, 1.807) is 30.1 Å². The lowest BCUT2D eigenvalue weighted by Crippen LogP contribution is -2.06. The molecule has 0 bridgehead atoms. The number of nitrogens with one attached hydrogen (secondary N) is 1. The summed E-state index contributed by atoms with van der Waals surface area (Å²) < 4.78 is 5.20. The van der Waals surface area contributed by atoms with Gasteiger partial charge in [-0.2, -0.15) is 5.26 Å². The standard InChI is InChI=1S/C25H20N6OS/c1-16-11-21-24(30-23(31-25(21)33-16)19-8-10-32-15-19)27-9-2-3-17-4-6-18(7-5-17)22-14-28-20(12-26)13-29-22/h4-8,10-11,13-15H,2-3,9H2,1H3,(H,27,30,31). The van der Waals surface area contributed by atoms with Crippen molar-refractivity contribution in [2.45, 2.75) is 19.8 Å². The van der Waals surface area contributed by atoms with Crippen LogP contribution in [0.1, 0.15) is 22.6 Å². The molecule has 0 fully saturated rings. The van der Waals surface area contributed by atoms with Gasteiger partial charge in [-0.1, -0.05) is 24.3 Å². The van der Waals surface area contributed by atoms with Crippen LogP contribution in [0.25, 0.3) is 32.9 Å². The monoisotopic (exact) mass is 452 g/mol. The predicted octanol–water partition coefficient (Wildman–Crippen LogP) is 5.63. The molecule has 0 amide bonds. The number of rotatable bonds is 7. The van der Waals surface area contributed by atoms with Crippen molar-refractivity contribution in [2.24, 2.45) is 0 Å². The molecule has 0 aliphatic heterocycles. The summed E-state index contributed by atoms with van der Waals surface area (Å²) in [6.45, 7) is 2.88. The van der Waals surface area contributed by atoms with E-state index in [0.29, 0.717) is 11.5 Å². The Kier molecular flexibility index (Phi) is 5.79. The highest BCUT2D eigenvalue weighted by molar-refractivity contribution is 7.18. The number of nitrogens with zero attached hydrogens (tertiary/aromatic N) is 5. The normalized spacial score (nSPS) is 10.9. The van der Waals surface area contributed by atoms with Crippen molar-refractivity contribution in [2.75, 3.05) is 11.9 Å². The Morgan fingerprint density at radius 1 is 1.06 bits per heavy atom. The van der Waals surface area contributed by atoms with E-state index in [0.717, 1.165) is 52.2 Å². The molecule has 7 nitrogen and oxygen atoms in total. The number of thiophene rings is 1. The fourth-order valence-electron chi connectivity index (χ4n) is 3.57. The zero-order valence-corrected chi connectivity index (χ0v) is 18.8. The van der Waals surface area contributed by atoms with E-state index in [1.807, 2.05) is 24.3 Å². The zero-order valence-electron chi connectivity index (χ0n) is 17.9. The Balaban J connectivity index is 1.23. The molecule has 33 heavy (non-hydrogen) atoms. The molecular weight excluding hydrogens is 432 g/mol. The molecule has 0 aliphatic rings. The van der Waals surface area contributed by atoms with Gasteiger partial charge in [-0.15, -0.1) is 11.3 Å². The largest absolute Gasteiger partial charge is 0.472 e. The number of nitriles is 1. The second kappa shape index (κ2) is 9.18. The fourth-order valence-corrected chi connectivity index (χ4v) is 4.45. The van der Waals surface area contributed by atoms with Crippen LogP contribution in [0.2, 0.25) is 0 Å². The summed E-state index contributed by atoms with van der Waals surface area (Å²) in [5, 5.41) is 13.4. The Morgan fingerprint density at radius 2 is 1.94 bits per heavy atom. The first-order chi connectivity index (χ1) is 16.2. The molecule has 0 aliphatic carbocycles. The van der Waals surface area contributed by atoms with Crippen LogP contribution in [-0.2, 0) is 6.42 Å². The molecule has 5 rings (SSSR count). The van der Waals surface area contributed by atoms with Crippen molar-refractivity contribution < 1.29 is 4.42 Å². The summed E-state index contributed by atoms with van der Waals surface area (Å²) >= 11 is 1.67. The van der Waals surface area contributed by atoms with Crippen LogP contribution in [0.3, 0.4) is 0 Å². The SMILES string of the molecule is Cc1cc2c(NCCCc3ccc(-c4cnc(C#N)cn4)cc3)nc(-c3ccoc3)nc2s1. The third kappa shape index (κ3) is 4.59. The summed E-state index contributed by atoms with van der Waals surface area (Å²) in [5.74, 6) is 1.53. The molecule has 1 N–H and O–H groups in total. The Morgan fingerprint density at radius 3 is 2.67 bits per heavy atom. The van der Waals surface area contributed by atoms with Gasteiger partial charge in [-0.3, -0.25) is 4.98 Å². The van der Waals surface area contributed by atoms with Gasteiger partial charge < -0.3 is 9.73 Å². The molecule has 0 unspecified atom stereocenters. The number of benzene rings is 1. The third-order valence-corrected chi connectivity index (χ3v) is 6.19. The zero-order chi connectivity index (χ0) is 22.6. The van der Waals surface area contributed by atoms with Gasteiger partial charge in [-0.25, -0.2) is 15.0 Å². The van der Waals surface area contributed by atoms with Crippen LogP contribution in [0.4, 0.5) is 5.82 Å². The quantitative estimate of drug-likeness (QED) is 0.319. The number of hydrogen-bond donors (Lipinski definition) is 1. The number of hydrogen-bond acceptors (Lipinski definition) is 8. The highest BCUT2D eigenvalue weighted by Gasteiger charge is 2.12. The second-order valence-electron chi connectivity index (χ2n) is 7.61. The van der Waals surface area contributed by atoms with Gasteiger partial charge in [0.2, 0.25) is 0 Å². The highest BCUT2D eigenvalue weighted by Crippen LogP contribution is 2.31. The summed E-state index contributed by atoms with van der Waals surface area (Å²) in [6.07, 6.45) is 8.33. The average Bonchev–Trinajstić information content (AvgIpc) is 3.51. The molecule has 0 atom stereocenters. The highest BCUT2D eigenvalue weighted by atomic mass is 32.1. The molecule has 0 saturated heterocycles. The van der Waals surface area contributed by atoms with Crippen molar-refractivity contribution in [1.29, 1.82) is 5.26 Å². The lowest BCUT2D eigenvalue weighted by Gasteiger charge is -2.09. The first-order valence-electron chi connectivity index (χ1n) is 10.6. The maximum absolute atomic E-state index is 8.85. The molecule has 162 valence electrons. The Hall–Kier alpha value is -4.09. The summed E-state index contributed by atoms with van der Waals surface area (Å²) in [6, 6.07) is 14.3. The van der Waals surface area contributed by atoms with Crippen molar-refractivity contribution >= 4 is 27.4 Å². The Labute approximate surface area is 194 Å². The van der Waals surface area contributed by atoms with E-state index < -0.39 is 0 Å². The third-order valence-electron chi connectivity index (χ3n) is 5.25. The van der Waals surface area contributed by atoms with Crippen LogP contribution < -0.4 is 5.32 Å². The summed E-state index contributed by atoms with van der Waals surface area (Å²) in [4.78, 5) is 20.0. The topological polar surface area (TPSA) is 101 Å². The van der Waals surface area contributed by atoms with Crippen LogP contribution in [0.5, 0.6) is 0 Å². The number of furan rings is 1. The van der Waals surface area contributed by atoms with Crippen molar-refractivity contribution in [3.05, 3.63) is 77.5 Å². The van der Waals surface area contributed by atoms with E-state index >= 15 is 0 Å². The van der Waals surface area contributed by atoms with E-state index in [1.165, 1.54) is 16.6 Å². The fraction of sp³-hybridized carbons (Fsp3) is 0.160. The molecule has 8 heteroatoms. The van der Waals surface area contributed by atoms with E-state index in [4.69, 9.17) is 19.6 Å². The predicted molar refractivity (Wildman–Crippen MR) is 129 cm³/mol. The smallest absolute Gasteiger partial charge is 0.166 e. The molecule has 4 heterocycles. The first kappa shape index (κ1) is 20.8. The van der Waals surface area contributed by atoms with Crippen LogP contribution in [0, 0.1) is 18.3 Å². The Bertz CT molecular complexity index is 1420. The summed E-state index contributed by atoms with van der Waals surface area (Å²) in [5.41, 5.74) is 4.18. The molecule has 1 aromatic carbocycles. The number of aromatic nitrogens is 4. The lowest BCUT2D eigenvalue weighted by molar-refractivity contribution is 0.568. The van der Waals surface area contributed by atoms with Crippen LogP contribution in [0.15, 0.2) is 65.7 Å². The van der Waals surface area contributed by atoms with Gasteiger partial charge in [0.1, 0.15) is 23.0 Å². The first-order valence-corrected chi connectivity index (χ1v) is 11.4. The van der Waals surface area contributed by atoms with Crippen molar-refractivity contribution in [1.82, 2.24) is 19.9 Å². The average molecular weight is 453 g/mol. The van der Waals surface area contributed by atoms with Crippen LogP contribution >= 0.6 is 11.3 Å². The van der Waals surface area contributed by atoms with E-state index in [9.17, 15) is 0 Å². The van der Waals surface area contributed by atoms with Gasteiger partial charge in [0, 0.05) is 17.0 Å². The summed E-state index contributed by atoms with van der Waals surface area (Å²) in [7, 11) is 0. The minimum absolute atomic E-state index is 0.318. The van der Waals surface area contributed by atoms with Crippen LogP contribution in [-0.4, -0.2) is 26.5 Å². The van der Waals surface area contributed by atoms with Crippen molar-refractivity contribution in [3.63, 3.8) is 0 Å². The van der Waals surface area contributed by atoms with Gasteiger partial charge >= 0.3 is 0 Å². The molecule has 5 aromatic rings. The molecule has 0 saturated carbocycles. The minimum Gasteiger partial charge on any atom is -0.472 e. The van der Waals surface area contributed by atoms with E-state index in [-0.39, 0.29) is 0 Å². The maximum Gasteiger partial charge on any atom is 0.166 e. The minimum atomic E-state index is 0.318. The lowest BCUT2D eigenvalue weighted by atomic mass is 10.1. The number of aryl methyl sites for hydroxylation is 2. The van der Waals surface area contributed by atoms with Gasteiger partial charge in [-0.05, 0) is 37.5 Å². The molecule has 0 spiro atoms. The van der Waals surface area contributed by atoms with E-state index in [2.05, 4.69) is 40.4 Å². The van der Waals surface area contributed by atoms with Gasteiger partial charge in [0.05, 0.1) is 35.3 Å². The number of anilines is 1. The second-order valence-corrected chi connectivity index (χ2v) is 8.84. The molecular formula is C25H20N6OS.